The zero-order valence-corrected chi connectivity index (χ0v) is 13.6. The molecule has 0 bridgehead atoms. The molecule has 120 valence electrons. The third-order valence-electron chi connectivity index (χ3n) is 4.15. The minimum Gasteiger partial charge on any atom is -0.453 e. The van der Waals surface area contributed by atoms with E-state index in [0.717, 1.165) is 18.5 Å². The maximum absolute atomic E-state index is 13.0. The maximum Gasteiger partial charge on any atom is 0.407 e. The van der Waals surface area contributed by atoms with Crippen LogP contribution in [0.4, 0.5) is 10.5 Å². The summed E-state index contributed by atoms with van der Waals surface area (Å²) in [5.41, 5.74) is 2.12. The normalized spacial score (nSPS) is 18.6. The fourth-order valence-corrected chi connectivity index (χ4v) is 2.87. The van der Waals surface area contributed by atoms with Crippen LogP contribution in [0.15, 0.2) is 24.3 Å². The number of hydrogen-bond donors (Lipinski definition) is 1. The fraction of sp³-hybridized carbons (Fsp3) is 0.529. The van der Waals surface area contributed by atoms with Gasteiger partial charge in [0, 0.05) is 11.7 Å². The van der Waals surface area contributed by atoms with Crippen LogP contribution >= 0.6 is 0 Å². The van der Waals surface area contributed by atoms with Crippen molar-refractivity contribution < 1.29 is 14.3 Å². The van der Waals surface area contributed by atoms with E-state index in [2.05, 4.69) is 16.1 Å². The van der Waals surface area contributed by atoms with E-state index in [1.807, 2.05) is 43.9 Å². The molecule has 2 rings (SSSR count). The third-order valence-corrected chi connectivity index (χ3v) is 4.15. The molecule has 22 heavy (non-hydrogen) atoms. The summed E-state index contributed by atoms with van der Waals surface area (Å²) < 4.78 is 4.64. The van der Waals surface area contributed by atoms with Gasteiger partial charge >= 0.3 is 6.09 Å². The Bertz CT molecular complexity index is 557. The van der Waals surface area contributed by atoms with Crippen molar-refractivity contribution in [2.75, 3.05) is 12.0 Å². The molecule has 5 nitrogen and oxygen atoms in total. The van der Waals surface area contributed by atoms with Crippen LogP contribution in [0.1, 0.15) is 32.8 Å². The number of rotatable bonds is 3. The number of hydrogen-bond acceptors (Lipinski definition) is 3. The van der Waals surface area contributed by atoms with Gasteiger partial charge in [0.2, 0.25) is 5.91 Å². The first kappa shape index (κ1) is 16.3. The van der Waals surface area contributed by atoms with Crippen molar-refractivity contribution in [2.45, 2.75) is 45.7 Å². The predicted molar refractivity (Wildman–Crippen MR) is 85.9 cm³/mol. The topological polar surface area (TPSA) is 58.6 Å². The second-order valence-corrected chi connectivity index (χ2v) is 6.08. The van der Waals surface area contributed by atoms with Gasteiger partial charge in [-0.25, -0.2) is 4.79 Å². The van der Waals surface area contributed by atoms with Gasteiger partial charge in [-0.3, -0.25) is 4.79 Å². The number of nitrogens with one attached hydrogen (secondary N) is 1. The number of methoxy groups -OCH3 is 1. The largest absolute Gasteiger partial charge is 0.453 e. The number of aryl methyl sites for hydroxylation is 1. The van der Waals surface area contributed by atoms with Gasteiger partial charge < -0.3 is 15.0 Å². The Labute approximate surface area is 131 Å². The molecule has 1 aliphatic rings. The molecule has 5 heteroatoms. The lowest BCUT2D eigenvalue weighted by Crippen LogP contribution is -2.54. The van der Waals surface area contributed by atoms with Crippen LogP contribution in [-0.4, -0.2) is 31.2 Å². The molecule has 0 fully saturated rings. The summed E-state index contributed by atoms with van der Waals surface area (Å²) in [6.45, 7) is 5.88. The molecule has 1 aliphatic heterocycles. The molecule has 0 radical (unpaired) electrons. The number of alkyl carbamates (subject to hydrolysis) is 1. The summed E-state index contributed by atoms with van der Waals surface area (Å²) in [7, 11) is 1.30. The standard InChI is InChI=1S/C17H24N2O3/c1-11(2)15(18-17(21)22-4)16(20)19-12(3)9-10-13-7-5-6-8-14(13)19/h5-8,11-12,15H,9-10H2,1-4H3,(H,18,21)/t12?,15-/m0/s1. The van der Waals surface area contributed by atoms with Gasteiger partial charge in [-0.05, 0) is 37.3 Å². The molecule has 1 aromatic carbocycles. The second kappa shape index (κ2) is 6.81. The van der Waals surface area contributed by atoms with Crippen molar-refractivity contribution in [1.82, 2.24) is 5.32 Å². The van der Waals surface area contributed by atoms with Gasteiger partial charge in [0.15, 0.2) is 0 Å². The van der Waals surface area contributed by atoms with E-state index in [0.29, 0.717) is 0 Å². The Morgan fingerprint density at radius 2 is 2.00 bits per heavy atom. The minimum absolute atomic E-state index is 0.0205. The fourth-order valence-electron chi connectivity index (χ4n) is 2.87. The number of nitrogens with zero attached hydrogens (tertiary/aromatic N) is 1. The Morgan fingerprint density at radius 1 is 1.32 bits per heavy atom. The van der Waals surface area contributed by atoms with Crippen molar-refractivity contribution in [3.63, 3.8) is 0 Å². The van der Waals surface area contributed by atoms with Gasteiger partial charge in [-0.1, -0.05) is 32.0 Å². The van der Waals surface area contributed by atoms with E-state index in [-0.39, 0.29) is 17.9 Å². The number of carbonyl (C=O) groups excluding carboxylic acids is 2. The first-order valence-corrected chi connectivity index (χ1v) is 7.71. The van der Waals surface area contributed by atoms with Crippen LogP contribution in [0.2, 0.25) is 0 Å². The van der Waals surface area contributed by atoms with Crippen LogP contribution < -0.4 is 10.2 Å². The molecule has 0 spiro atoms. The molecule has 2 atom stereocenters. The first-order valence-electron chi connectivity index (χ1n) is 7.71. The molecule has 0 aromatic heterocycles. The smallest absolute Gasteiger partial charge is 0.407 e. The second-order valence-electron chi connectivity index (χ2n) is 6.08. The zero-order chi connectivity index (χ0) is 16.3. The van der Waals surface area contributed by atoms with Gasteiger partial charge in [-0.15, -0.1) is 0 Å². The predicted octanol–water partition coefficient (Wildman–Crippen LogP) is 2.73. The third kappa shape index (κ3) is 3.24. The average molecular weight is 304 g/mol. The monoisotopic (exact) mass is 304 g/mol. The number of carbonyl (C=O) groups is 2. The molecular formula is C17H24N2O3. The van der Waals surface area contributed by atoms with Crippen molar-refractivity contribution in [1.29, 1.82) is 0 Å². The van der Waals surface area contributed by atoms with Crippen molar-refractivity contribution in [3.05, 3.63) is 29.8 Å². The lowest BCUT2D eigenvalue weighted by atomic mass is 9.94. The van der Waals surface area contributed by atoms with Gasteiger partial charge in [-0.2, -0.15) is 0 Å². The molecule has 1 unspecified atom stereocenters. The van der Waals surface area contributed by atoms with Gasteiger partial charge in [0.25, 0.3) is 0 Å². The number of benzene rings is 1. The Hall–Kier alpha value is -2.04. The summed E-state index contributed by atoms with van der Waals surface area (Å²) >= 11 is 0. The van der Waals surface area contributed by atoms with Crippen LogP contribution in [0.3, 0.4) is 0 Å². The Balaban J connectivity index is 2.31. The molecule has 2 amide bonds. The van der Waals surface area contributed by atoms with E-state index < -0.39 is 12.1 Å². The minimum atomic E-state index is -0.596. The highest BCUT2D eigenvalue weighted by atomic mass is 16.5. The number of para-hydroxylation sites is 1. The molecule has 1 aromatic rings. The van der Waals surface area contributed by atoms with Crippen molar-refractivity contribution in [2.24, 2.45) is 5.92 Å². The van der Waals surface area contributed by atoms with Crippen molar-refractivity contribution in [3.8, 4) is 0 Å². The Kier molecular flexibility index (Phi) is 5.06. The summed E-state index contributed by atoms with van der Waals surface area (Å²) in [4.78, 5) is 26.4. The van der Waals surface area contributed by atoms with E-state index >= 15 is 0 Å². The SMILES string of the molecule is COC(=O)N[C@H](C(=O)N1c2ccccc2CCC1C)C(C)C. The first-order chi connectivity index (χ1) is 10.5. The molecule has 0 saturated carbocycles. The number of ether oxygens (including phenoxy) is 1. The highest BCUT2D eigenvalue weighted by Gasteiger charge is 2.35. The molecule has 1 heterocycles. The number of amides is 2. The molecule has 0 aliphatic carbocycles. The van der Waals surface area contributed by atoms with Crippen LogP contribution in [-0.2, 0) is 16.0 Å². The van der Waals surface area contributed by atoms with Gasteiger partial charge in [0.1, 0.15) is 6.04 Å². The van der Waals surface area contributed by atoms with E-state index in [9.17, 15) is 9.59 Å². The quantitative estimate of drug-likeness (QED) is 0.934. The number of fused-ring (bicyclic) bond motifs is 1. The van der Waals surface area contributed by atoms with Crippen LogP contribution in [0.25, 0.3) is 0 Å². The lowest BCUT2D eigenvalue weighted by Gasteiger charge is -2.38. The summed E-state index contributed by atoms with van der Waals surface area (Å²) in [5.74, 6) is -0.104. The number of anilines is 1. The zero-order valence-electron chi connectivity index (χ0n) is 13.6. The van der Waals surface area contributed by atoms with E-state index in [4.69, 9.17) is 0 Å². The maximum atomic E-state index is 13.0. The van der Waals surface area contributed by atoms with Crippen LogP contribution in [0.5, 0.6) is 0 Å². The summed E-state index contributed by atoms with van der Waals surface area (Å²) in [6.07, 6.45) is 1.31. The molecule has 1 N–H and O–H groups in total. The highest BCUT2D eigenvalue weighted by Crippen LogP contribution is 2.31. The highest BCUT2D eigenvalue weighted by molar-refractivity contribution is 6.00. The van der Waals surface area contributed by atoms with Crippen LogP contribution in [0, 0.1) is 5.92 Å². The summed E-state index contributed by atoms with van der Waals surface area (Å²) in [5, 5.41) is 2.66. The van der Waals surface area contributed by atoms with E-state index in [1.165, 1.54) is 12.7 Å². The molecule has 0 saturated heterocycles. The summed E-state index contributed by atoms with van der Waals surface area (Å²) in [6, 6.07) is 7.47. The average Bonchev–Trinajstić information content (AvgIpc) is 2.51. The lowest BCUT2D eigenvalue weighted by molar-refractivity contribution is -0.122. The molecular weight excluding hydrogens is 280 g/mol. The van der Waals surface area contributed by atoms with E-state index in [1.54, 1.807) is 0 Å². The van der Waals surface area contributed by atoms with Crippen molar-refractivity contribution >= 4 is 17.7 Å². The Morgan fingerprint density at radius 3 is 2.64 bits per heavy atom. The van der Waals surface area contributed by atoms with Gasteiger partial charge in [0.05, 0.1) is 7.11 Å².